The fourth-order valence-corrected chi connectivity index (χ4v) is 3.54. The van der Waals surface area contributed by atoms with Crippen LogP contribution in [0.3, 0.4) is 0 Å². The third-order valence-corrected chi connectivity index (χ3v) is 4.78. The first-order chi connectivity index (χ1) is 11.1. The molecule has 118 valence electrons. The SMILES string of the molecule is CN(C)CCN1C(=O)/C(=C\c2ccccc2)Sc2ccccc21. The van der Waals surface area contributed by atoms with Crippen LogP contribution in [0, 0.1) is 0 Å². The predicted molar refractivity (Wildman–Crippen MR) is 97.6 cm³/mol. The molecule has 0 spiro atoms. The average Bonchev–Trinajstić information content (AvgIpc) is 2.56. The highest BCUT2D eigenvalue weighted by Crippen LogP contribution is 2.41. The van der Waals surface area contributed by atoms with Gasteiger partial charge in [0.1, 0.15) is 0 Å². The number of hydrogen-bond donors (Lipinski definition) is 0. The molecule has 0 bridgehead atoms. The molecule has 4 heteroatoms. The molecule has 0 radical (unpaired) electrons. The van der Waals surface area contributed by atoms with E-state index in [0.29, 0.717) is 6.54 Å². The van der Waals surface area contributed by atoms with Crippen molar-refractivity contribution in [3.05, 3.63) is 65.1 Å². The Balaban J connectivity index is 1.96. The minimum absolute atomic E-state index is 0.0828. The Hall–Kier alpha value is -2.04. The Kier molecular flexibility index (Phi) is 4.84. The molecule has 0 N–H and O–H groups in total. The van der Waals surface area contributed by atoms with Crippen molar-refractivity contribution in [2.24, 2.45) is 0 Å². The van der Waals surface area contributed by atoms with Gasteiger partial charge in [0.2, 0.25) is 0 Å². The van der Waals surface area contributed by atoms with Crippen LogP contribution >= 0.6 is 11.8 Å². The van der Waals surface area contributed by atoms with Crippen molar-refractivity contribution < 1.29 is 4.79 Å². The van der Waals surface area contributed by atoms with Gasteiger partial charge in [0.05, 0.1) is 10.6 Å². The number of likely N-dealkylation sites (N-methyl/N-ethyl adjacent to an activating group) is 1. The molecule has 0 saturated heterocycles. The van der Waals surface area contributed by atoms with Gasteiger partial charge in [0.15, 0.2) is 0 Å². The van der Waals surface area contributed by atoms with Crippen LogP contribution in [0.1, 0.15) is 5.56 Å². The van der Waals surface area contributed by atoms with Crippen LogP contribution in [0.2, 0.25) is 0 Å². The number of anilines is 1. The zero-order valence-electron chi connectivity index (χ0n) is 13.4. The largest absolute Gasteiger partial charge is 0.308 e. The molecule has 0 saturated carbocycles. The summed E-state index contributed by atoms with van der Waals surface area (Å²) in [5.74, 6) is 0.0828. The zero-order chi connectivity index (χ0) is 16.2. The number of thioether (sulfide) groups is 1. The molecule has 1 aliphatic rings. The maximum atomic E-state index is 12.9. The lowest BCUT2D eigenvalue weighted by Crippen LogP contribution is -2.39. The van der Waals surface area contributed by atoms with E-state index in [0.717, 1.165) is 27.6 Å². The van der Waals surface area contributed by atoms with Gasteiger partial charge in [-0.2, -0.15) is 0 Å². The summed E-state index contributed by atoms with van der Waals surface area (Å²) < 4.78 is 0. The normalized spacial score (nSPS) is 16.0. The minimum atomic E-state index is 0.0828. The fraction of sp³-hybridized carbons (Fsp3) is 0.211. The van der Waals surface area contributed by atoms with Gasteiger partial charge in [0, 0.05) is 18.0 Å². The lowest BCUT2D eigenvalue weighted by Gasteiger charge is -2.31. The van der Waals surface area contributed by atoms with Crippen molar-refractivity contribution in [1.82, 2.24) is 4.90 Å². The van der Waals surface area contributed by atoms with E-state index in [1.54, 1.807) is 11.8 Å². The minimum Gasteiger partial charge on any atom is -0.308 e. The summed E-state index contributed by atoms with van der Waals surface area (Å²) in [5.41, 5.74) is 2.06. The van der Waals surface area contributed by atoms with E-state index < -0.39 is 0 Å². The lowest BCUT2D eigenvalue weighted by atomic mass is 10.2. The highest BCUT2D eigenvalue weighted by molar-refractivity contribution is 8.04. The first kappa shape index (κ1) is 15.8. The van der Waals surface area contributed by atoms with Gasteiger partial charge in [-0.1, -0.05) is 54.2 Å². The summed E-state index contributed by atoms with van der Waals surface area (Å²) in [5, 5.41) is 0. The summed E-state index contributed by atoms with van der Waals surface area (Å²) in [6.07, 6.45) is 1.98. The fourth-order valence-electron chi connectivity index (χ4n) is 2.48. The number of rotatable bonds is 4. The molecule has 2 aromatic carbocycles. The number of amides is 1. The van der Waals surface area contributed by atoms with Crippen LogP contribution in [0.25, 0.3) is 6.08 Å². The maximum absolute atomic E-state index is 12.9. The Morgan fingerprint density at radius 1 is 1.04 bits per heavy atom. The molecule has 3 nitrogen and oxygen atoms in total. The molecular weight excluding hydrogens is 304 g/mol. The van der Waals surface area contributed by atoms with E-state index in [9.17, 15) is 4.79 Å². The second kappa shape index (κ2) is 7.02. The van der Waals surface area contributed by atoms with Crippen molar-refractivity contribution >= 4 is 29.4 Å². The van der Waals surface area contributed by atoms with E-state index in [2.05, 4.69) is 11.0 Å². The van der Waals surface area contributed by atoms with Crippen LogP contribution < -0.4 is 4.90 Å². The topological polar surface area (TPSA) is 23.6 Å². The molecule has 0 aromatic heterocycles. The zero-order valence-corrected chi connectivity index (χ0v) is 14.2. The molecule has 1 amide bonds. The van der Waals surface area contributed by atoms with Gasteiger partial charge in [-0.3, -0.25) is 4.79 Å². The van der Waals surface area contributed by atoms with E-state index >= 15 is 0 Å². The standard InChI is InChI=1S/C19H20N2OS/c1-20(2)12-13-21-16-10-6-7-11-17(16)23-18(19(21)22)14-15-8-4-3-5-9-15/h3-11,14H,12-13H2,1-2H3/b18-14+. The van der Waals surface area contributed by atoms with Crippen molar-refractivity contribution in [2.45, 2.75) is 4.90 Å². The third-order valence-electron chi connectivity index (χ3n) is 3.70. The number of carbonyl (C=O) groups excluding carboxylic acids is 1. The number of benzene rings is 2. The van der Waals surface area contributed by atoms with E-state index in [-0.39, 0.29) is 5.91 Å². The first-order valence-electron chi connectivity index (χ1n) is 7.65. The molecular formula is C19H20N2OS. The highest BCUT2D eigenvalue weighted by Gasteiger charge is 2.28. The Morgan fingerprint density at radius 2 is 1.74 bits per heavy atom. The predicted octanol–water partition coefficient (Wildman–Crippen LogP) is 3.73. The third kappa shape index (κ3) is 3.66. The Bertz CT molecular complexity index is 725. The smallest absolute Gasteiger partial charge is 0.265 e. The van der Waals surface area contributed by atoms with Gasteiger partial charge in [-0.15, -0.1) is 0 Å². The summed E-state index contributed by atoms with van der Waals surface area (Å²) in [6.45, 7) is 1.53. The summed E-state index contributed by atoms with van der Waals surface area (Å²) in [4.78, 5) is 18.8. The molecule has 0 atom stereocenters. The van der Waals surface area contributed by atoms with Gasteiger partial charge in [0.25, 0.3) is 5.91 Å². The van der Waals surface area contributed by atoms with E-state index in [1.165, 1.54) is 0 Å². The van der Waals surface area contributed by atoms with Gasteiger partial charge in [-0.25, -0.2) is 0 Å². The van der Waals surface area contributed by atoms with Crippen molar-refractivity contribution in [2.75, 3.05) is 32.1 Å². The first-order valence-corrected chi connectivity index (χ1v) is 8.47. The number of hydrogen-bond acceptors (Lipinski definition) is 3. The maximum Gasteiger partial charge on any atom is 0.265 e. The molecule has 0 fully saturated rings. The van der Waals surface area contributed by atoms with Gasteiger partial charge < -0.3 is 9.80 Å². The van der Waals surface area contributed by atoms with Crippen LogP contribution in [0.15, 0.2) is 64.4 Å². The molecule has 1 aliphatic heterocycles. The van der Waals surface area contributed by atoms with Gasteiger partial charge >= 0.3 is 0 Å². The van der Waals surface area contributed by atoms with Crippen molar-refractivity contribution in [1.29, 1.82) is 0 Å². The van der Waals surface area contributed by atoms with E-state index in [1.807, 2.05) is 73.6 Å². The number of fused-ring (bicyclic) bond motifs is 1. The second-order valence-corrected chi connectivity index (χ2v) is 6.83. The summed E-state index contributed by atoms with van der Waals surface area (Å²) in [6, 6.07) is 18.1. The van der Waals surface area contributed by atoms with Crippen LogP contribution in [0.4, 0.5) is 5.69 Å². The van der Waals surface area contributed by atoms with Crippen LogP contribution in [0.5, 0.6) is 0 Å². The van der Waals surface area contributed by atoms with Gasteiger partial charge in [-0.05, 0) is 37.9 Å². The second-order valence-electron chi connectivity index (χ2n) is 5.75. The van der Waals surface area contributed by atoms with Crippen LogP contribution in [-0.2, 0) is 4.79 Å². The molecule has 0 unspecified atom stereocenters. The highest BCUT2D eigenvalue weighted by atomic mass is 32.2. The summed E-state index contributed by atoms with van der Waals surface area (Å²) >= 11 is 1.55. The summed E-state index contributed by atoms with van der Waals surface area (Å²) in [7, 11) is 4.05. The quantitative estimate of drug-likeness (QED) is 0.801. The number of nitrogens with zero attached hydrogens (tertiary/aromatic N) is 2. The van der Waals surface area contributed by atoms with Crippen LogP contribution in [-0.4, -0.2) is 38.0 Å². The lowest BCUT2D eigenvalue weighted by molar-refractivity contribution is -0.114. The van der Waals surface area contributed by atoms with Crippen molar-refractivity contribution in [3.63, 3.8) is 0 Å². The Morgan fingerprint density at radius 3 is 2.48 bits per heavy atom. The molecule has 2 aromatic rings. The number of para-hydroxylation sites is 1. The monoisotopic (exact) mass is 324 g/mol. The average molecular weight is 324 g/mol. The molecule has 1 heterocycles. The molecule has 23 heavy (non-hydrogen) atoms. The molecule has 0 aliphatic carbocycles. The molecule has 3 rings (SSSR count). The van der Waals surface area contributed by atoms with Crippen molar-refractivity contribution in [3.8, 4) is 0 Å². The Labute approximate surface area is 141 Å². The number of carbonyl (C=O) groups is 1. The van der Waals surface area contributed by atoms with E-state index in [4.69, 9.17) is 0 Å².